The first-order valence-corrected chi connectivity index (χ1v) is 8.56. The monoisotopic (exact) mass is 372 g/mol. The lowest BCUT2D eigenvalue weighted by Crippen LogP contribution is -2.39. The molecule has 0 fully saturated rings. The van der Waals surface area contributed by atoms with E-state index >= 15 is 0 Å². The molecule has 2 aromatic rings. The maximum atomic E-state index is 6.05. The molecule has 0 aliphatic heterocycles. The second-order valence-corrected chi connectivity index (χ2v) is 6.79. The summed E-state index contributed by atoms with van der Waals surface area (Å²) >= 11 is 13.5. The third-order valence-electron chi connectivity index (χ3n) is 2.82. The molecule has 0 amide bonds. The number of aryl methyl sites for hydroxylation is 1. The predicted octanol–water partition coefficient (Wildman–Crippen LogP) is 2.93. The summed E-state index contributed by atoms with van der Waals surface area (Å²) in [6.07, 6.45) is 3.42. The van der Waals surface area contributed by atoms with Crippen LogP contribution in [0.25, 0.3) is 0 Å². The highest BCUT2D eigenvalue weighted by molar-refractivity contribution is 7.11. The molecule has 23 heavy (non-hydrogen) atoms. The second-order valence-electron chi connectivity index (χ2n) is 4.63. The molecule has 124 valence electrons. The summed E-state index contributed by atoms with van der Waals surface area (Å²) in [5.41, 5.74) is 0. The Morgan fingerprint density at radius 2 is 2.04 bits per heavy atom. The van der Waals surface area contributed by atoms with Crippen LogP contribution in [0.2, 0.25) is 10.0 Å². The van der Waals surface area contributed by atoms with E-state index in [0.29, 0.717) is 35.5 Å². The highest BCUT2D eigenvalue weighted by Crippen LogP contribution is 2.21. The number of rotatable bonds is 6. The van der Waals surface area contributed by atoms with Crippen molar-refractivity contribution >= 4 is 46.3 Å². The van der Waals surface area contributed by atoms with Gasteiger partial charge in [0.2, 0.25) is 0 Å². The summed E-state index contributed by atoms with van der Waals surface area (Å²) in [4.78, 5) is 13.8. The number of aliphatic imine (C=N–C) groups is 1. The summed E-state index contributed by atoms with van der Waals surface area (Å²) in [6.45, 7) is 3.99. The zero-order valence-electron chi connectivity index (χ0n) is 12.9. The summed E-state index contributed by atoms with van der Waals surface area (Å²) in [7, 11) is 1.73. The maximum Gasteiger partial charge on any atom is 0.191 e. The van der Waals surface area contributed by atoms with Gasteiger partial charge in [-0.3, -0.25) is 4.99 Å². The minimum Gasteiger partial charge on any atom is -0.367 e. The third-order valence-corrected chi connectivity index (χ3v) is 4.23. The molecule has 6 nitrogen and oxygen atoms in total. The lowest BCUT2D eigenvalue weighted by Gasteiger charge is -2.12. The molecular weight excluding hydrogens is 355 g/mol. The van der Waals surface area contributed by atoms with E-state index in [1.807, 2.05) is 13.1 Å². The molecular formula is C14H18Cl2N6S. The van der Waals surface area contributed by atoms with E-state index in [4.69, 9.17) is 23.2 Å². The van der Waals surface area contributed by atoms with Gasteiger partial charge in [0.25, 0.3) is 0 Å². The molecule has 0 atom stereocenters. The van der Waals surface area contributed by atoms with E-state index in [2.05, 4.69) is 30.9 Å². The van der Waals surface area contributed by atoms with E-state index in [1.165, 1.54) is 4.88 Å². The van der Waals surface area contributed by atoms with Gasteiger partial charge >= 0.3 is 0 Å². The summed E-state index contributed by atoms with van der Waals surface area (Å²) in [6, 6.07) is 1.66. The number of aromatic nitrogens is 2. The van der Waals surface area contributed by atoms with Gasteiger partial charge in [0.15, 0.2) is 5.96 Å². The smallest absolute Gasteiger partial charge is 0.191 e. The van der Waals surface area contributed by atoms with Crippen LogP contribution in [-0.4, -0.2) is 36.1 Å². The van der Waals surface area contributed by atoms with E-state index in [-0.39, 0.29) is 0 Å². The molecule has 3 N–H and O–H groups in total. The number of halogens is 2. The first-order valence-electron chi connectivity index (χ1n) is 6.99. The number of pyridine rings is 1. The molecule has 2 rings (SSSR count). The van der Waals surface area contributed by atoms with Gasteiger partial charge in [-0.15, -0.1) is 11.3 Å². The molecule has 2 heterocycles. The lowest BCUT2D eigenvalue weighted by atomic mass is 10.4. The van der Waals surface area contributed by atoms with Crippen molar-refractivity contribution in [3.8, 4) is 0 Å². The minimum atomic E-state index is 0.499. The van der Waals surface area contributed by atoms with Gasteiger partial charge in [0.1, 0.15) is 10.8 Å². The maximum absolute atomic E-state index is 6.05. The van der Waals surface area contributed by atoms with Gasteiger partial charge in [0, 0.05) is 37.4 Å². The van der Waals surface area contributed by atoms with Crippen molar-refractivity contribution in [1.29, 1.82) is 0 Å². The number of hydrogen-bond acceptors (Lipinski definition) is 5. The van der Waals surface area contributed by atoms with E-state index in [0.717, 1.165) is 11.0 Å². The molecule has 0 saturated carbocycles. The number of nitrogens with zero attached hydrogens (tertiary/aromatic N) is 3. The van der Waals surface area contributed by atoms with Gasteiger partial charge in [-0.05, 0) is 13.0 Å². The van der Waals surface area contributed by atoms with Crippen molar-refractivity contribution in [2.24, 2.45) is 4.99 Å². The molecule has 0 unspecified atom stereocenters. The van der Waals surface area contributed by atoms with Crippen LogP contribution in [0.3, 0.4) is 0 Å². The Kier molecular flexibility index (Phi) is 6.88. The van der Waals surface area contributed by atoms with Gasteiger partial charge < -0.3 is 16.0 Å². The van der Waals surface area contributed by atoms with Crippen LogP contribution in [0.5, 0.6) is 0 Å². The lowest BCUT2D eigenvalue weighted by molar-refractivity contribution is 0.807. The van der Waals surface area contributed by atoms with Crippen LogP contribution in [0.1, 0.15) is 9.88 Å². The van der Waals surface area contributed by atoms with Crippen molar-refractivity contribution in [2.45, 2.75) is 13.5 Å². The van der Waals surface area contributed by atoms with Crippen molar-refractivity contribution in [3.05, 3.63) is 38.4 Å². The van der Waals surface area contributed by atoms with Gasteiger partial charge in [0.05, 0.1) is 16.6 Å². The van der Waals surface area contributed by atoms with Crippen LogP contribution in [0.15, 0.2) is 23.5 Å². The van der Waals surface area contributed by atoms with E-state index in [9.17, 15) is 0 Å². The number of thiazole rings is 1. The van der Waals surface area contributed by atoms with E-state index in [1.54, 1.807) is 30.6 Å². The third kappa shape index (κ3) is 5.85. The first-order chi connectivity index (χ1) is 11.1. The SMILES string of the molecule is CN=C(NCCNc1ncc(Cl)cc1Cl)NCc1ncc(C)s1. The molecule has 2 aromatic heterocycles. The summed E-state index contributed by atoms with van der Waals surface area (Å²) < 4.78 is 0. The number of hydrogen-bond donors (Lipinski definition) is 3. The van der Waals surface area contributed by atoms with Gasteiger partial charge in [-0.25, -0.2) is 9.97 Å². The minimum absolute atomic E-state index is 0.499. The van der Waals surface area contributed by atoms with Crippen LogP contribution < -0.4 is 16.0 Å². The van der Waals surface area contributed by atoms with Gasteiger partial charge in [-0.1, -0.05) is 23.2 Å². The molecule has 0 saturated heterocycles. The summed E-state index contributed by atoms with van der Waals surface area (Å²) in [5.74, 6) is 1.33. The fraction of sp³-hybridized carbons (Fsp3) is 0.357. The zero-order chi connectivity index (χ0) is 16.7. The quantitative estimate of drug-likeness (QED) is 0.413. The van der Waals surface area contributed by atoms with Crippen LogP contribution in [0, 0.1) is 6.92 Å². The number of nitrogens with one attached hydrogen (secondary N) is 3. The predicted molar refractivity (Wildman–Crippen MR) is 97.8 cm³/mol. The van der Waals surface area contributed by atoms with E-state index < -0.39 is 0 Å². The highest BCUT2D eigenvalue weighted by atomic mass is 35.5. The van der Waals surface area contributed by atoms with Crippen molar-refractivity contribution < 1.29 is 0 Å². The Morgan fingerprint density at radius 3 is 2.70 bits per heavy atom. The average molecular weight is 373 g/mol. The first kappa shape index (κ1) is 17.8. The van der Waals surface area contributed by atoms with Crippen LogP contribution >= 0.6 is 34.5 Å². The average Bonchev–Trinajstić information content (AvgIpc) is 2.94. The molecule has 0 radical (unpaired) electrons. The van der Waals surface area contributed by atoms with Crippen LogP contribution in [-0.2, 0) is 6.54 Å². The summed E-state index contributed by atoms with van der Waals surface area (Å²) in [5, 5.41) is 11.6. The molecule has 0 aliphatic rings. The van der Waals surface area contributed by atoms with Crippen LogP contribution in [0.4, 0.5) is 5.82 Å². The largest absolute Gasteiger partial charge is 0.367 e. The van der Waals surface area contributed by atoms with Gasteiger partial charge in [-0.2, -0.15) is 0 Å². The van der Waals surface area contributed by atoms with Crippen molar-refractivity contribution in [2.75, 3.05) is 25.5 Å². The molecule has 9 heteroatoms. The number of anilines is 1. The Balaban J connectivity index is 1.71. The molecule has 0 aromatic carbocycles. The molecule has 0 spiro atoms. The Bertz CT molecular complexity index is 673. The Hall–Kier alpha value is -1.57. The standard InChI is InChI=1S/C14H18Cl2N6S/c1-9-6-20-12(23-9)8-22-14(17-2)19-4-3-18-13-11(16)5-10(15)7-21-13/h5-7H,3-4,8H2,1-2H3,(H,18,21)(H2,17,19,22). The normalized spacial score (nSPS) is 11.4. The fourth-order valence-corrected chi connectivity index (χ4v) is 2.94. The molecule has 0 aliphatic carbocycles. The Morgan fingerprint density at radius 1 is 1.22 bits per heavy atom. The molecule has 0 bridgehead atoms. The fourth-order valence-electron chi connectivity index (χ4n) is 1.77. The van der Waals surface area contributed by atoms with Crippen molar-refractivity contribution in [1.82, 2.24) is 20.6 Å². The zero-order valence-corrected chi connectivity index (χ0v) is 15.2. The second kappa shape index (κ2) is 8.90. The topological polar surface area (TPSA) is 74.2 Å². The highest BCUT2D eigenvalue weighted by Gasteiger charge is 2.03. The van der Waals surface area contributed by atoms with Crippen molar-refractivity contribution in [3.63, 3.8) is 0 Å². The Labute approximate surface area is 149 Å². The number of guanidine groups is 1.